The first-order valence-electron chi connectivity index (χ1n) is 6.55. The molecule has 0 bridgehead atoms. The second-order valence-corrected chi connectivity index (χ2v) is 6.67. The van der Waals surface area contributed by atoms with E-state index in [9.17, 15) is 18.3 Å². The van der Waals surface area contributed by atoms with Gasteiger partial charge in [-0.05, 0) is 29.7 Å². The Kier molecular flexibility index (Phi) is 3.42. The summed E-state index contributed by atoms with van der Waals surface area (Å²) in [5.74, 6) is -0.300. The van der Waals surface area contributed by atoms with Gasteiger partial charge in [-0.2, -0.15) is 0 Å². The fourth-order valence-corrected chi connectivity index (χ4v) is 3.99. The third-order valence-corrected chi connectivity index (χ3v) is 5.35. The monoisotopic (exact) mass is 312 g/mol. The van der Waals surface area contributed by atoms with E-state index in [0.29, 0.717) is 22.6 Å². The van der Waals surface area contributed by atoms with E-state index >= 15 is 0 Å². The van der Waals surface area contributed by atoms with E-state index in [0.717, 1.165) is 0 Å². The van der Waals surface area contributed by atoms with Crippen LogP contribution in [0.1, 0.15) is 10.4 Å². The van der Waals surface area contributed by atoms with Crippen LogP contribution in [0.15, 0.2) is 70.5 Å². The number of phenols is 1. The number of rotatable bonds is 3. The highest BCUT2D eigenvalue weighted by Gasteiger charge is 2.23. The molecule has 3 rings (SSSR count). The molecule has 3 aromatic carbocycles. The van der Waals surface area contributed by atoms with Crippen molar-refractivity contribution in [1.29, 1.82) is 0 Å². The maximum Gasteiger partial charge on any atom is 0.210 e. The van der Waals surface area contributed by atoms with Crippen molar-refractivity contribution in [2.75, 3.05) is 0 Å². The summed E-state index contributed by atoms with van der Waals surface area (Å²) in [6.45, 7) is 0. The average Bonchev–Trinajstić information content (AvgIpc) is 2.54. The van der Waals surface area contributed by atoms with Crippen molar-refractivity contribution >= 4 is 26.9 Å². The summed E-state index contributed by atoms with van der Waals surface area (Å²) in [4.78, 5) is 11.0. The number of para-hydroxylation sites is 1. The molecule has 22 heavy (non-hydrogen) atoms. The molecule has 110 valence electrons. The van der Waals surface area contributed by atoms with Gasteiger partial charge >= 0.3 is 0 Å². The standard InChI is InChI=1S/C17H12O4S/c18-11-12-9-10-16(14-6-2-1-5-13(12)14)22(20,21)17-8-4-3-7-15(17)19/h1-11,19H. The van der Waals surface area contributed by atoms with E-state index in [1.54, 1.807) is 36.4 Å². The number of benzene rings is 3. The number of aldehydes is 1. The largest absolute Gasteiger partial charge is 0.507 e. The fraction of sp³-hybridized carbons (Fsp3) is 0. The van der Waals surface area contributed by atoms with E-state index in [1.807, 2.05) is 0 Å². The van der Waals surface area contributed by atoms with E-state index in [-0.39, 0.29) is 15.5 Å². The summed E-state index contributed by atoms with van der Waals surface area (Å²) in [6, 6.07) is 15.5. The Morgan fingerprint density at radius 1 is 0.773 bits per heavy atom. The highest BCUT2D eigenvalue weighted by atomic mass is 32.2. The minimum absolute atomic E-state index is 0.0650. The number of sulfone groups is 1. The molecule has 0 amide bonds. The maximum absolute atomic E-state index is 12.8. The second-order valence-electron chi connectivity index (χ2n) is 4.79. The van der Waals surface area contributed by atoms with Crippen LogP contribution in [-0.4, -0.2) is 19.8 Å². The predicted octanol–water partition coefficient (Wildman–Crippen LogP) is 3.19. The van der Waals surface area contributed by atoms with Gasteiger partial charge in [0.15, 0.2) is 6.29 Å². The van der Waals surface area contributed by atoms with Crippen molar-refractivity contribution < 1.29 is 18.3 Å². The lowest BCUT2D eigenvalue weighted by Gasteiger charge is -2.10. The Labute approximate surface area is 127 Å². The smallest absolute Gasteiger partial charge is 0.210 e. The first kappa shape index (κ1) is 14.3. The molecule has 0 heterocycles. The number of carbonyl (C=O) groups excluding carboxylic acids is 1. The average molecular weight is 312 g/mol. The fourth-order valence-electron chi connectivity index (χ4n) is 2.43. The molecule has 0 unspecified atom stereocenters. The van der Waals surface area contributed by atoms with Crippen LogP contribution in [0.2, 0.25) is 0 Å². The van der Waals surface area contributed by atoms with E-state index in [4.69, 9.17) is 0 Å². The summed E-state index contributed by atoms with van der Waals surface area (Å²) >= 11 is 0. The zero-order valence-corrected chi connectivity index (χ0v) is 12.2. The Hall–Kier alpha value is -2.66. The van der Waals surface area contributed by atoms with Crippen LogP contribution in [0.5, 0.6) is 5.75 Å². The number of aromatic hydroxyl groups is 1. The first-order valence-corrected chi connectivity index (χ1v) is 8.04. The van der Waals surface area contributed by atoms with Crippen molar-refractivity contribution in [2.24, 2.45) is 0 Å². The van der Waals surface area contributed by atoms with Crippen molar-refractivity contribution in [3.63, 3.8) is 0 Å². The van der Waals surface area contributed by atoms with Crippen LogP contribution in [-0.2, 0) is 9.84 Å². The minimum Gasteiger partial charge on any atom is -0.507 e. The van der Waals surface area contributed by atoms with Crippen molar-refractivity contribution in [3.05, 3.63) is 66.2 Å². The van der Waals surface area contributed by atoms with Gasteiger partial charge in [-0.1, -0.05) is 36.4 Å². The Balaban J connectivity index is 2.36. The first-order chi connectivity index (χ1) is 10.6. The molecule has 0 saturated carbocycles. The van der Waals surface area contributed by atoms with Crippen LogP contribution in [0, 0.1) is 0 Å². The van der Waals surface area contributed by atoms with Crippen molar-refractivity contribution in [3.8, 4) is 5.75 Å². The zero-order valence-electron chi connectivity index (χ0n) is 11.4. The van der Waals surface area contributed by atoms with Crippen LogP contribution in [0.4, 0.5) is 0 Å². The van der Waals surface area contributed by atoms with Crippen molar-refractivity contribution in [1.82, 2.24) is 0 Å². The van der Waals surface area contributed by atoms with E-state index in [2.05, 4.69) is 0 Å². The quantitative estimate of drug-likeness (QED) is 0.754. The number of phenolic OH excluding ortho intramolecular Hbond substituents is 1. The van der Waals surface area contributed by atoms with Gasteiger partial charge in [0.1, 0.15) is 10.6 Å². The molecule has 5 heteroatoms. The normalized spacial score (nSPS) is 11.5. The third kappa shape index (κ3) is 2.16. The van der Waals surface area contributed by atoms with Crippen LogP contribution in [0.3, 0.4) is 0 Å². The molecule has 0 aliphatic carbocycles. The summed E-state index contributed by atoms with van der Waals surface area (Å²) in [6.07, 6.45) is 0.693. The van der Waals surface area contributed by atoms with Gasteiger partial charge in [0, 0.05) is 10.9 Å². The maximum atomic E-state index is 12.8. The molecule has 0 spiro atoms. The lowest BCUT2D eigenvalue weighted by Crippen LogP contribution is -2.04. The topological polar surface area (TPSA) is 71.4 Å². The lowest BCUT2D eigenvalue weighted by molar-refractivity contribution is 0.112. The summed E-state index contributed by atoms with van der Waals surface area (Å²) in [5, 5.41) is 10.9. The van der Waals surface area contributed by atoms with Gasteiger partial charge in [0.05, 0.1) is 4.90 Å². The van der Waals surface area contributed by atoms with Gasteiger partial charge in [-0.15, -0.1) is 0 Å². The predicted molar refractivity (Wildman–Crippen MR) is 82.9 cm³/mol. The molecule has 4 nitrogen and oxygen atoms in total. The molecule has 0 aliphatic heterocycles. The van der Waals surface area contributed by atoms with Crippen LogP contribution >= 0.6 is 0 Å². The number of fused-ring (bicyclic) bond motifs is 1. The van der Waals surface area contributed by atoms with Crippen molar-refractivity contribution in [2.45, 2.75) is 9.79 Å². The van der Waals surface area contributed by atoms with E-state index in [1.165, 1.54) is 24.3 Å². The SMILES string of the molecule is O=Cc1ccc(S(=O)(=O)c2ccccc2O)c2ccccc12. The summed E-state index contributed by atoms with van der Waals surface area (Å²) < 4.78 is 25.6. The van der Waals surface area contributed by atoms with Gasteiger partial charge in [-0.25, -0.2) is 8.42 Å². The molecule has 0 saturated heterocycles. The molecular formula is C17H12O4S. The number of hydrogen-bond acceptors (Lipinski definition) is 4. The second kappa shape index (κ2) is 5.27. The Bertz CT molecular complexity index is 975. The third-order valence-electron chi connectivity index (χ3n) is 3.49. The van der Waals surface area contributed by atoms with Gasteiger partial charge in [0.2, 0.25) is 9.84 Å². The molecule has 0 atom stereocenters. The lowest BCUT2D eigenvalue weighted by atomic mass is 10.1. The van der Waals surface area contributed by atoms with Gasteiger partial charge < -0.3 is 5.11 Å². The Morgan fingerprint density at radius 3 is 2.09 bits per heavy atom. The molecule has 0 radical (unpaired) electrons. The molecule has 0 aromatic heterocycles. The number of carbonyl (C=O) groups is 1. The van der Waals surface area contributed by atoms with Gasteiger partial charge in [0.25, 0.3) is 0 Å². The molecule has 3 aromatic rings. The van der Waals surface area contributed by atoms with Gasteiger partial charge in [-0.3, -0.25) is 4.79 Å². The Morgan fingerprint density at radius 2 is 1.41 bits per heavy atom. The zero-order chi connectivity index (χ0) is 15.7. The highest BCUT2D eigenvalue weighted by Crippen LogP contribution is 2.33. The van der Waals surface area contributed by atoms with E-state index < -0.39 is 9.84 Å². The summed E-state index contributed by atoms with van der Waals surface area (Å²) in [5.41, 5.74) is 0.423. The summed E-state index contributed by atoms with van der Waals surface area (Å²) in [7, 11) is -3.89. The molecule has 1 N–H and O–H groups in total. The molecule has 0 aliphatic rings. The minimum atomic E-state index is -3.89. The molecule has 0 fully saturated rings. The van der Waals surface area contributed by atoms with Crippen LogP contribution < -0.4 is 0 Å². The van der Waals surface area contributed by atoms with Crippen LogP contribution in [0.25, 0.3) is 10.8 Å². The number of hydrogen-bond donors (Lipinski definition) is 1. The highest BCUT2D eigenvalue weighted by molar-refractivity contribution is 7.91. The molecular weight excluding hydrogens is 300 g/mol.